The number of pyridine rings is 1. The monoisotopic (exact) mass is 222 g/mol. The number of rotatable bonds is 5. The van der Waals surface area contributed by atoms with Crippen LogP contribution >= 0.6 is 0 Å². The molecule has 0 unspecified atom stereocenters. The highest BCUT2D eigenvalue weighted by molar-refractivity contribution is 5.39. The van der Waals surface area contributed by atoms with Gasteiger partial charge in [-0.2, -0.15) is 0 Å². The van der Waals surface area contributed by atoms with E-state index in [1.807, 2.05) is 19.9 Å². The molecule has 0 amide bonds. The Morgan fingerprint density at radius 1 is 1.44 bits per heavy atom. The molecule has 1 aromatic heterocycles. The van der Waals surface area contributed by atoms with E-state index >= 15 is 0 Å². The lowest BCUT2D eigenvalue weighted by atomic mass is 10.3. The third-order valence-corrected chi connectivity index (χ3v) is 2.28. The van der Waals surface area contributed by atoms with Gasteiger partial charge in [0.15, 0.2) is 11.5 Å². The Bertz CT molecular complexity index is 362. The normalized spacial score (nSPS) is 15.2. The molecule has 1 heterocycles. The maximum Gasteiger partial charge on any atom is 0.179 e. The summed E-state index contributed by atoms with van der Waals surface area (Å²) in [6.45, 7) is 4.39. The molecule has 0 radical (unpaired) electrons. The van der Waals surface area contributed by atoms with Gasteiger partial charge >= 0.3 is 0 Å². The molecule has 16 heavy (non-hydrogen) atoms. The molecule has 0 aromatic carbocycles. The summed E-state index contributed by atoms with van der Waals surface area (Å²) in [4.78, 5) is 4.21. The van der Waals surface area contributed by atoms with E-state index in [-0.39, 0.29) is 6.10 Å². The first-order valence-electron chi connectivity index (χ1n) is 5.71. The fourth-order valence-electron chi connectivity index (χ4n) is 1.38. The largest absolute Gasteiger partial charge is 0.486 e. The highest BCUT2D eigenvalue weighted by atomic mass is 16.5. The predicted molar refractivity (Wildman–Crippen MR) is 61.5 cm³/mol. The van der Waals surface area contributed by atoms with Crippen molar-refractivity contribution in [3.05, 3.63) is 18.0 Å². The van der Waals surface area contributed by atoms with E-state index in [1.165, 1.54) is 0 Å². The minimum Gasteiger partial charge on any atom is -0.486 e. The van der Waals surface area contributed by atoms with E-state index in [9.17, 15) is 0 Å². The van der Waals surface area contributed by atoms with Crippen LogP contribution in [0.4, 0.5) is 0 Å². The first-order valence-corrected chi connectivity index (χ1v) is 5.71. The first-order chi connectivity index (χ1) is 7.69. The Morgan fingerprint density at radius 3 is 2.75 bits per heavy atom. The summed E-state index contributed by atoms with van der Waals surface area (Å²) in [7, 11) is 0. The molecule has 0 bridgehead atoms. The summed E-state index contributed by atoms with van der Waals surface area (Å²) in [5, 5.41) is 0. The molecule has 1 aliphatic rings. The lowest BCUT2D eigenvalue weighted by Gasteiger charge is -2.15. The molecule has 2 N–H and O–H groups in total. The Balaban J connectivity index is 2.19. The summed E-state index contributed by atoms with van der Waals surface area (Å²) in [5.74, 6) is 1.48. The van der Waals surface area contributed by atoms with Crippen LogP contribution in [0.15, 0.2) is 12.3 Å². The van der Waals surface area contributed by atoms with Crippen LogP contribution in [0.5, 0.6) is 11.5 Å². The number of nitrogens with zero attached hydrogens (tertiary/aromatic N) is 1. The van der Waals surface area contributed by atoms with Crippen LogP contribution in [0.1, 0.15) is 32.4 Å². The second kappa shape index (κ2) is 4.70. The molecule has 0 saturated heterocycles. The Kier molecular flexibility index (Phi) is 3.29. The quantitative estimate of drug-likeness (QED) is 0.826. The highest BCUT2D eigenvalue weighted by Crippen LogP contribution is 2.34. The zero-order chi connectivity index (χ0) is 11.5. The Hall–Kier alpha value is -1.29. The molecule has 0 aliphatic heterocycles. The van der Waals surface area contributed by atoms with Crippen LogP contribution in [0.3, 0.4) is 0 Å². The van der Waals surface area contributed by atoms with E-state index < -0.39 is 0 Å². The smallest absolute Gasteiger partial charge is 0.179 e. The summed E-state index contributed by atoms with van der Waals surface area (Å²) in [6, 6.07) is 1.87. The van der Waals surface area contributed by atoms with E-state index in [0.29, 0.717) is 18.4 Å². The van der Waals surface area contributed by atoms with Gasteiger partial charge in [-0.25, -0.2) is 0 Å². The van der Waals surface area contributed by atoms with Gasteiger partial charge in [0.2, 0.25) is 0 Å². The molecule has 2 rings (SSSR count). The SMILES string of the molecule is CC(C)Oc1cnc(CN)cc1OC1CC1. The van der Waals surface area contributed by atoms with Crippen molar-refractivity contribution < 1.29 is 9.47 Å². The average Bonchev–Trinajstić information content (AvgIpc) is 3.04. The maximum absolute atomic E-state index is 5.78. The van der Waals surface area contributed by atoms with Crippen LogP contribution in [-0.2, 0) is 6.54 Å². The van der Waals surface area contributed by atoms with Gasteiger partial charge in [0.05, 0.1) is 24.1 Å². The highest BCUT2D eigenvalue weighted by Gasteiger charge is 2.25. The van der Waals surface area contributed by atoms with Gasteiger partial charge in [-0.15, -0.1) is 0 Å². The maximum atomic E-state index is 5.78. The number of hydrogen-bond acceptors (Lipinski definition) is 4. The molecule has 1 saturated carbocycles. The van der Waals surface area contributed by atoms with Crippen molar-refractivity contribution in [2.75, 3.05) is 0 Å². The fraction of sp³-hybridized carbons (Fsp3) is 0.583. The van der Waals surface area contributed by atoms with Crippen molar-refractivity contribution in [3.63, 3.8) is 0 Å². The summed E-state index contributed by atoms with van der Waals surface area (Å²) >= 11 is 0. The Labute approximate surface area is 95.8 Å². The van der Waals surface area contributed by atoms with Crippen molar-refractivity contribution in [2.45, 2.75) is 45.4 Å². The zero-order valence-corrected chi connectivity index (χ0v) is 9.77. The van der Waals surface area contributed by atoms with Crippen molar-refractivity contribution in [1.29, 1.82) is 0 Å². The van der Waals surface area contributed by atoms with Crippen molar-refractivity contribution in [1.82, 2.24) is 4.98 Å². The molecular weight excluding hydrogens is 204 g/mol. The van der Waals surface area contributed by atoms with Gasteiger partial charge in [0.1, 0.15) is 0 Å². The lowest BCUT2D eigenvalue weighted by Crippen LogP contribution is -2.09. The van der Waals surface area contributed by atoms with Crippen molar-refractivity contribution in [3.8, 4) is 11.5 Å². The lowest BCUT2D eigenvalue weighted by molar-refractivity contribution is 0.216. The van der Waals surface area contributed by atoms with E-state index in [2.05, 4.69) is 4.98 Å². The molecule has 4 heteroatoms. The van der Waals surface area contributed by atoms with E-state index in [1.54, 1.807) is 6.20 Å². The van der Waals surface area contributed by atoms with Crippen LogP contribution in [-0.4, -0.2) is 17.2 Å². The zero-order valence-electron chi connectivity index (χ0n) is 9.77. The Morgan fingerprint density at radius 2 is 2.19 bits per heavy atom. The van der Waals surface area contributed by atoms with Crippen LogP contribution in [0, 0.1) is 0 Å². The van der Waals surface area contributed by atoms with Crippen molar-refractivity contribution >= 4 is 0 Å². The van der Waals surface area contributed by atoms with Gasteiger partial charge in [-0.1, -0.05) is 0 Å². The molecule has 0 atom stereocenters. The van der Waals surface area contributed by atoms with Crippen LogP contribution in [0.25, 0.3) is 0 Å². The number of aromatic nitrogens is 1. The second-order valence-electron chi connectivity index (χ2n) is 4.31. The minimum atomic E-state index is 0.118. The molecular formula is C12H18N2O2. The third kappa shape index (κ3) is 2.85. The topological polar surface area (TPSA) is 57.4 Å². The fourth-order valence-corrected chi connectivity index (χ4v) is 1.38. The first kappa shape index (κ1) is 11.2. The van der Waals surface area contributed by atoms with Crippen LogP contribution < -0.4 is 15.2 Å². The van der Waals surface area contributed by atoms with Gasteiger partial charge in [-0.05, 0) is 26.7 Å². The molecule has 1 aliphatic carbocycles. The number of nitrogens with two attached hydrogens (primary N) is 1. The van der Waals surface area contributed by atoms with Gasteiger partial charge < -0.3 is 15.2 Å². The molecule has 4 nitrogen and oxygen atoms in total. The van der Waals surface area contributed by atoms with E-state index in [0.717, 1.165) is 24.3 Å². The van der Waals surface area contributed by atoms with Gasteiger partial charge in [0, 0.05) is 12.6 Å². The summed E-state index contributed by atoms with van der Waals surface area (Å²) in [6.07, 6.45) is 4.41. The van der Waals surface area contributed by atoms with E-state index in [4.69, 9.17) is 15.2 Å². The summed E-state index contributed by atoms with van der Waals surface area (Å²) < 4.78 is 11.4. The number of hydrogen-bond donors (Lipinski definition) is 1. The molecule has 1 aromatic rings. The van der Waals surface area contributed by atoms with Crippen molar-refractivity contribution in [2.24, 2.45) is 5.73 Å². The minimum absolute atomic E-state index is 0.118. The molecule has 0 spiro atoms. The van der Waals surface area contributed by atoms with Crippen LogP contribution in [0.2, 0.25) is 0 Å². The standard InChI is InChI=1S/C12H18N2O2/c1-8(2)15-12-7-14-9(6-13)5-11(12)16-10-3-4-10/h5,7-8,10H,3-4,6,13H2,1-2H3. The predicted octanol–water partition coefficient (Wildman–Crippen LogP) is 1.87. The molecule has 1 fully saturated rings. The number of ether oxygens (including phenoxy) is 2. The molecule has 88 valence electrons. The third-order valence-electron chi connectivity index (χ3n) is 2.28. The summed E-state index contributed by atoms with van der Waals surface area (Å²) in [5.41, 5.74) is 6.38. The second-order valence-corrected chi connectivity index (χ2v) is 4.31. The average molecular weight is 222 g/mol. The van der Waals surface area contributed by atoms with Gasteiger partial charge in [0.25, 0.3) is 0 Å². The van der Waals surface area contributed by atoms with Gasteiger partial charge in [-0.3, -0.25) is 4.98 Å².